The van der Waals surface area contributed by atoms with Crippen molar-refractivity contribution in [1.82, 2.24) is 10.2 Å². The van der Waals surface area contributed by atoms with E-state index in [1.807, 2.05) is 0 Å². The van der Waals surface area contributed by atoms with Gasteiger partial charge in [-0.05, 0) is 31.4 Å². The summed E-state index contributed by atoms with van der Waals surface area (Å²) in [5.41, 5.74) is 0.205. The molecule has 3 N–H and O–H groups in total. The van der Waals surface area contributed by atoms with Crippen LogP contribution in [0.2, 0.25) is 0 Å². The number of anilines is 1. The van der Waals surface area contributed by atoms with Crippen LogP contribution in [0.4, 0.5) is 5.69 Å². The van der Waals surface area contributed by atoms with Crippen LogP contribution in [-0.4, -0.2) is 52.5 Å². The van der Waals surface area contributed by atoms with Gasteiger partial charge in [-0.25, -0.2) is 0 Å². The molecule has 7 nitrogen and oxygen atoms in total. The number of carbonyl (C=O) groups excluding carboxylic acids is 3. The predicted molar refractivity (Wildman–Crippen MR) is 99.0 cm³/mol. The van der Waals surface area contributed by atoms with E-state index in [-0.39, 0.29) is 30.1 Å². The molecule has 4 rings (SSSR count). The van der Waals surface area contributed by atoms with Gasteiger partial charge in [-0.1, -0.05) is 25.0 Å². The molecule has 1 aliphatic carbocycles. The number of benzene rings is 1. The first-order chi connectivity index (χ1) is 13.0. The van der Waals surface area contributed by atoms with Gasteiger partial charge in [0.15, 0.2) is 0 Å². The Morgan fingerprint density at radius 1 is 1.22 bits per heavy atom. The zero-order valence-electron chi connectivity index (χ0n) is 15.2. The van der Waals surface area contributed by atoms with E-state index in [0.29, 0.717) is 30.8 Å². The molecule has 1 saturated heterocycles. The van der Waals surface area contributed by atoms with Crippen LogP contribution in [0.5, 0.6) is 0 Å². The van der Waals surface area contributed by atoms with Gasteiger partial charge in [0.1, 0.15) is 6.04 Å². The molecule has 2 fully saturated rings. The lowest BCUT2D eigenvalue weighted by atomic mass is 9.71. The highest BCUT2D eigenvalue weighted by Crippen LogP contribution is 2.39. The van der Waals surface area contributed by atoms with Crippen LogP contribution in [0, 0.1) is 5.92 Å². The molecule has 2 aliphatic heterocycles. The molecular weight excluding hydrogens is 346 g/mol. The summed E-state index contributed by atoms with van der Waals surface area (Å²) in [5, 5.41) is 16.2. The van der Waals surface area contributed by atoms with Gasteiger partial charge in [0, 0.05) is 19.0 Å². The Morgan fingerprint density at radius 2 is 2.04 bits per heavy atom. The van der Waals surface area contributed by atoms with Gasteiger partial charge in [-0.3, -0.25) is 14.4 Å². The molecule has 7 heteroatoms. The molecule has 3 atom stereocenters. The summed E-state index contributed by atoms with van der Waals surface area (Å²) in [6.07, 6.45) is 4.36. The molecule has 3 amide bonds. The van der Waals surface area contributed by atoms with Crippen LogP contribution in [0.1, 0.15) is 48.9 Å². The van der Waals surface area contributed by atoms with E-state index in [1.165, 1.54) is 0 Å². The zero-order valence-corrected chi connectivity index (χ0v) is 15.2. The molecule has 1 aromatic rings. The fourth-order valence-electron chi connectivity index (χ4n) is 4.56. The average molecular weight is 371 g/mol. The van der Waals surface area contributed by atoms with Gasteiger partial charge >= 0.3 is 0 Å². The Hall–Kier alpha value is -2.41. The Labute approximate surface area is 158 Å². The van der Waals surface area contributed by atoms with Crippen molar-refractivity contribution in [2.24, 2.45) is 5.92 Å². The van der Waals surface area contributed by atoms with Crippen molar-refractivity contribution in [3.8, 4) is 0 Å². The minimum Gasteiger partial charge on any atom is -0.389 e. The average Bonchev–Trinajstić information content (AvgIpc) is 2.77. The maximum atomic E-state index is 12.8. The van der Waals surface area contributed by atoms with Gasteiger partial charge in [-0.15, -0.1) is 0 Å². The lowest BCUT2D eigenvalue weighted by Crippen LogP contribution is -2.55. The highest BCUT2D eigenvalue weighted by molar-refractivity contribution is 6.10. The molecule has 1 aromatic carbocycles. The van der Waals surface area contributed by atoms with Crippen LogP contribution >= 0.6 is 0 Å². The third-order valence-corrected chi connectivity index (χ3v) is 6.21. The molecular formula is C20H25N3O4. The summed E-state index contributed by atoms with van der Waals surface area (Å²) < 4.78 is 0. The second kappa shape index (κ2) is 6.96. The third kappa shape index (κ3) is 3.43. The summed E-state index contributed by atoms with van der Waals surface area (Å²) in [4.78, 5) is 39.4. The number of para-hydroxylation sites is 1. The van der Waals surface area contributed by atoms with Crippen LogP contribution in [0.3, 0.4) is 0 Å². The van der Waals surface area contributed by atoms with Gasteiger partial charge in [0.05, 0.1) is 23.3 Å². The van der Waals surface area contributed by atoms with Crippen molar-refractivity contribution in [2.75, 3.05) is 18.4 Å². The molecule has 0 aromatic heterocycles. The zero-order chi connectivity index (χ0) is 19.0. The first kappa shape index (κ1) is 18.0. The second-order valence-electron chi connectivity index (χ2n) is 7.90. The smallest absolute Gasteiger partial charge is 0.254 e. The van der Waals surface area contributed by atoms with Crippen molar-refractivity contribution < 1.29 is 19.5 Å². The first-order valence-electron chi connectivity index (χ1n) is 9.67. The third-order valence-electron chi connectivity index (χ3n) is 6.21. The van der Waals surface area contributed by atoms with E-state index in [1.54, 1.807) is 29.2 Å². The summed E-state index contributed by atoms with van der Waals surface area (Å²) >= 11 is 0. The topological polar surface area (TPSA) is 98.7 Å². The lowest BCUT2D eigenvalue weighted by molar-refractivity contribution is -0.144. The molecule has 3 unspecified atom stereocenters. The number of aliphatic hydroxyl groups is 1. The number of rotatable bonds is 2. The maximum Gasteiger partial charge on any atom is 0.254 e. The molecule has 0 radical (unpaired) electrons. The lowest BCUT2D eigenvalue weighted by Gasteiger charge is -2.47. The Bertz CT molecular complexity index is 780. The van der Waals surface area contributed by atoms with Gasteiger partial charge in [0.2, 0.25) is 11.8 Å². The van der Waals surface area contributed by atoms with Gasteiger partial charge < -0.3 is 20.6 Å². The Balaban J connectivity index is 1.43. The number of nitrogens with zero attached hydrogens (tertiary/aromatic N) is 1. The number of piperidine rings is 1. The number of hydrogen-bond acceptors (Lipinski definition) is 4. The van der Waals surface area contributed by atoms with Crippen LogP contribution in [0.15, 0.2) is 24.3 Å². The largest absolute Gasteiger partial charge is 0.389 e. The van der Waals surface area contributed by atoms with Crippen molar-refractivity contribution in [1.29, 1.82) is 0 Å². The summed E-state index contributed by atoms with van der Waals surface area (Å²) in [5.74, 6) is -0.797. The standard InChI is InChI=1S/C20H25N3O4/c24-17(23-10-9-20(27)8-4-3-5-13(20)12-23)11-16-19(26)21-15-7-2-1-6-14(15)18(25)22-16/h1-2,6-7,13,16,27H,3-5,8-12H2,(H,21,26)(H,22,25). The second-order valence-corrected chi connectivity index (χ2v) is 7.90. The van der Waals surface area contributed by atoms with Gasteiger partial charge in [-0.2, -0.15) is 0 Å². The van der Waals surface area contributed by atoms with Crippen LogP contribution in [-0.2, 0) is 9.59 Å². The fourth-order valence-corrected chi connectivity index (χ4v) is 4.56. The van der Waals surface area contributed by atoms with E-state index >= 15 is 0 Å². The molecule has 0 bridgehead atoms. The summed E-state index contributed by atoms with van der Waals surface area (Å²) in [6, 6.07) is 5.89. The number of nitrogens with one attached hydrogen (secondary N) is 2. The molecule has 144 valence electrons. The van der Waals surface area contributed by atoms with E-state index < -0.39 is 11.6 Å². The summed E-state index contributed by atoms with van der Waals surface area (Å²) in [6.45, 7) is 1.02. The van der Waals surface area contributed by atoms with E-state index in [0.717, 1.165) is 25.7 Å². The number of likely N-dealkylation sites (tertiary alicyclic amines) is 1. The fraction of sp³-hybridized carbons (Fsp3) is 0.550. The first-order valence-corrected chi connectivity index (χ1v) is 9.67. The van der Waals surface area contributed by atoms with Crippen LogP contribution < -0.4 is 10.6 Å². The predicted octanol–water partition coefficient (Wildman–Crippen LogP) is 1.28. The Morgan fingerprint density at radius 3 is 2.89 bits per heavy atom. The number of hydrogen-bond donors (Lipinski definition) is 3. The summed E-state index contributed by atoms with van der Waals surface area (Å²) in [7, 11) is 0. The van der Waals surface area contributed by atoms with E-state index in [2.05, 4.69) is 10.6 Å². The minimum absolute atomic E-state index is 0.0727. The Kier molecular flexibility index (Phi) is 4.63. The number of amides is 3. The van der Waals surface area contributed by atoms with Crippen molar-refractivity contribution in [2.45, 2.75) is 50.2 Å². The van der Waals surface area contributed by atoms with Crippen LogP contribution in [0.25, 0.3) is 0 Å². The van der Waals surface area contributed by atoms with Gasteiger partial charge in [0.25, 0.3) is 5.91 Å². The monoisotopic (exact) mass is 371 g/mol. The molecule has 0 spiro atoms. The van der Waals surface area contributed by atoms with E-state index in [4.69, 9.17) is 0 Å². The maximum absolute atomic E-state index is 12.8. The molecule has 2 heterocycles. The molecule has 27 heavy (non-hydrogen) atoms. The highest BCUT2D eigenvalue weighted by Gasteiger charge is 2.44. The SMILES string of the molecule is O=C1NC(CC(=O)N2CCC3(O)CCCCC3C2)C(=O)Nc2ccccc21. The van der Waals surface area contributed by atoms with Crippen molar-refractivity contribution in [3.63, 3.8) is 0 Å². The van der Waals surface area contributed by atoms with Crippen molar-refractivity contribution >= 4 is 23.4 Å². The van der Waals surface area contributed by atoms with Crippen molar-refractivity contribution in [3.05, 3.63) is 29.8 Å². The highest BCUT2D eigenvalue weighted by atomic mass is 16.3. The minimum atomic E-state index is -0.899. The normalized spacial score (nSPS) is 30.5. The number of fused-ring (bicyclic) bond motifs is 2. The van der Waals surface area contributed by atoms with E-state index in [9.17, 15) is 19.5 Å². The molecule has 1 saturated carbocycles. The molecule has 3 aliphatic rings. The number of carbonyl (C=O) groups is 3. The quantitative estimate of drug-likeness (QED) is 0.729.